The molecule has 1 aromatic rings. The van der Waals surface area contributed by atoms with E-state index in [0.717, 1.165) is 10.9 Å². The van der Waals surface area contributed by atoms with Crippen LogP contribution < -0.4 is 9.32 Å². The van der Waals surface area contributed by atoms with Gasteiger partial charge in [0.15, 0.2) is 0 Å². The van der Waals surface area contributed by atoms with E-state index in [1.54, 1.807) is 0 Å². The quantitative estimate of drug-likeness (QED) is 0.510. The van der Waals surface area contributed by atoms with Gasteiger partial charge in [0.1, 0.15) is 6.20 Å². The maximum Gasteiger partial charge on any atom is 0.381 e. The highest BCUT2D eigenvalue weighted by atomic mass is 32.2. The summed E-state index contributed by atoms with van der Waals surface area (Å²) < 4.78 is 26.1. The van der Waals surface area contributed by atoms with E-state index in [2.05, 4.69) is 14.4 Å². The molecule has 1 aromatic heterocycles. The largest absolute Gasteiger partial charge is 0.381 e. The van der Waals surface area contributed by atoms with Gasteiger partial charge in [0.25, 0.3) is 0 Å². The van der Waals surface area contributed by atoms with E-state index >= 15 is 0 Å². The third kappa shape index (κ3) is 2.17. The lowest BCUT2D eigenvalue weighted by atomic mass is 10.6. The van der Waals surface area contributed by atoms with Crippen LogP contribution in [-0.2, 0) is 17.4 Å². The topological polar surface area (TPSA) is 130 Å². The van der Waals surface area contributed by atoms with E-state index in [1.165, 1.54) is 7.05 Å². The maximum absolute atomic E-state index is 10.5. The Hall–Kier alpha value is -1.68. The molecule has 0 saturated carbocycles. The SMILES string of the molecule is Cn1ncc([N+](=O)[O-])c1OS(N)(=O)=O. The molecule has 0 aliphatic carbocycles. The molecule has 0 aromatic carbocycles. The fourth-order valence-electron chi connectivity index (χ4n) is 0.747. The number of rotatable bonds is 3. The normalized spacial score (nSPS) is 11.3. The van der Waals surface area contributed by atoms with Crippen molar-refractivity contribution in [3.63, 3.8) is 0 Å². The molecular weight excluding hydrogens is 216 g/mol. The highest BCUT2D eigenvalue weighted by Crippen LogP contribution is 2.25. The fraction of sp³-hybridized carbons (Fsp3) is 0.250. The van der Waals surface area contributed by atoms with E-state index in [4.69, 9.17) is 0 Å². The first-order chi connectivity index (χ1) is 6.31. The van der Waals surface area contributed by atoms with Crippen molar-refractivity contribution in [3.8, 4) is 5.88 Å². The lowest BCUT2D eigenvalue weighted by Gasteiger charge is -2.00. The van der Waals surface area contributed by atoms with Crippen LogP contribution in [0, 0.1) is 10.1 Å². The Morgan fingerprint density at radius 1 is 1.71 bits per heavy atom. The third-order valence-corrected chi connectivity index (χ3v) is 1.65. The fourth-order valence-corrected chi connectivity index (χ4v) is 1.16. The van der Waals surface area contributed by atoms with E-state index < -0.39 is 26.8 Å². The first kappa shape index (κ1) is 10.4. The third-order valence-electron chi connectivity index (χ3n) is 1.26. The second-order valence-corrected chi connectivity index (χ2v) is 3.44. The van der Waals surface area contributed by atoms with Crippen LogP contribution in [0.2, 0.25) is 0 Å². The van der Waals surface area contributed by atoms with Crippen LogP contribution in [0.25, 0.3) is 0 Å². The molecule has 14 heavy (non-hydrogen) atoms. The molecule has 2 N–H and O–H groups in total. The molecule has 1 rings (SSSR count). The zero-order chi connectivity index (χ0) is 10.9. The first-order valence-electron chi connectivity index (χ1n) is 3.20. The number of aromatic nitrogens is 2. The minimum absolute atomic E-state index is 0.530. The molecule has 9 nitrogen and oxygen atoms in total. The van der Waals surface area contributed by atoms with Crippen molar-refractivity contribution in [1.82, 2.24) is 9.78 Å². The number of nitro groups is 1. The molecular formula is C4H6N4O5S. The van der Waals surface area contributed by atoms with E-state index in [-0.39, 0.29) is 0 Å². The number of nitrogens with zero attached hydrogens (tertiary/aromatic N) is 3. The molecule has 0 unspecified atom stereocenters. The van der Waals surface area contributed by atoms with Gasteiger partial charge in [0.2, 0.25) is 0 Å². The monoisotopic (exact) mass is 222 g/mol. The number of nitrogens with two attached hydrogens (primary N) is 1. The Kier molecular flexibility index (Phi) is 2.40. The summed E-state index contributed by atoms with van der Waals surface area (Å²) in [5.41, 5.74) is -0.568. The van der Waals surface area contributed by atoms with Crippen LogP contribution in [-0.4, -0.2) is 23.1 Å². The lowest BCUT2D eigenvalue weighted by molar-refractivity contribution is -0.385. The summed E-state index contributed by atoms with van der Waals surface area (Å²) in [6.07, 6.45) is 0.862. The molecule has 0 aliphatic heterocycles. The summed E-state index contributed by atoms with van der Waals surface area (Å²) in [6, 6.07) is 0. The van der Waals surface area contributed by atoms with Crippen molar-refractivity contribution in [2.24, 2.45) is 12.2 Å². The first-order valence-corrected chi connectivity index (χ1v) is 4.67. The standard InChI is InChI=1S/C4H6N4O5S/c1-7-4(13-14(5,11)12)3(2-6-7)8(9)10/h2H,1H3,(H2,5,11,12). The van der Waals surface area contributed by atoms with Crippen molar-refractivity contribution < 1.29 is 17.5 Å². The van der Waals surface area contributed by atoms with Gasteiger partial charge >= 0.3 is 21.9 Å². The predicted molar refractivity (Wildman–Crippen MR) is 43.6 cm³/mol. The Morgan fingerprint density at radius 2 is 2.29 bits per heavy atom. The van der Waals surface area contributed by atoms with Crippen molar-refractivity contribution in [3.05, 3.63) is 16.3 Å². The van der Waals surface area contributed by atoms with Gasteiger partial charge in [-0.15, -0.1) is 0 Å². The van der Waals surface area contributed by atoms with Gasteiger partial charge in [-0.3, -0.25) is 10.1 Å². The summed E-state index contributed by atoms with van der Waals surface area (Å²) in [7, 11) is -3.01. The van der Waals surface area contributed by atoms with Crippen molar-refractivity contribution >= 4 is 16.0 Å². The Bertz CT molecular complexity index is 462. The van der Waals surface area contributed by atoms with Gasteiger partial charge in [-0.25, -0.2) is 4.68 Å². The minimum atomic E-state index is -4.29. The molecule has 78 valence electrons. The van der Waals surface area contributed by atoms with Gasteiger partial charge < -0.3 is 4.18 Å². The molecule has 0 bridgehead atoms. The van der Waals surface area contributed by atoms with Crippen molar-refractivity contribution in [2.75, 3.05) is 0 Å². The van der Waals surface area contributed by atoms with Crippen LogP contribution in [0.5, 0.6) is 5.88 Å². The van der Waals surface area contributed by atoms with Crippen LogP contribution >= 0.6 is 0 Å². The molecule has 10 heteroatoms. The second-order valence-electron chi connectivity index (χ2n) is 2.29. The molecule has 0 aliphatic rings. The summed E-state index contributed by atoms with van der Waals surface area (Å²) in [6.45, 7) is 0. The lowest BCUT2D eigenvalue weighted by Crippen LogP contribution is -2.20. The van der Waals surface area contributed by atoms with E-state index in [9.17, 15) is 18.5 Å². The molecule has 0 fully saturated rings. The van der Waals surface area contributed by atoms with Gasteiger partial charge in [-0.05, 0) is 0 Å². The van der Waals surface area contributed by atoms with Crippen LogP contribution in [0.3, 0.4) is 0 Å². The van der Waals surface area contributed by atoms with Crippen LogP contribution in [0.4, 0.5) is 5.69 Å². The molecule has 0 radical (unpaired) electrons. The molecule has 0 spiro atoms. The van der Waals surface area contributed by atoms with Gasteiger partial charge in [-0.1, -0.05) is 0 Å². The van der Waals surface area contributed by atoms with Crippen LogP contribution in [0.15, 0.2) is 6.20 Å². The van der Waals surface area contributed by atoms with E-state index in [1.807, 2.05) is 0 Å². The highest BCUT2D eigenvalue weighted by Gasteiger charge is 2.24. The summed E-state index contributed by atoms with van der Waals surface area (Å²) >= 11 is 0. The minimum Gasteiger partial charge on any atom is -0.343 e. The van der Waals surface area contributed by atoms with Crippen LogP contribution in [0.1, 0.15) is 0 Å². The van der Waals surface area contributed by atoms with Gasteiger partial charge in [-0.2, -0.15) is 18.7 Å². The van der Waals surface area contributed by atoms with Gasteiger partial charge in [0, 0.05) is 7.05 Å². The Balaban J connectivity index is 3.19. The molecule has 0 amide bonds. The molecule has 0 atom stereocenters. The van der Waals surface area contributed by atoms with Gasteiger partial charge in [0.05, 0.1) is 4.92 Å². The smallest absolute Gasteiger partial charge is 0.343 e. The summed E-state index contributed by atoms with van der Waals surface area (Å²) in [4.78, 5) is 9.53. The molecule has 1 heterocycles. The number of hydrogen-bond donors (Lipinski definition) is 1. The highest BCUT2D eigenvalue weighted by molar-refractivity contribution is 7.84. The van der Waals surface area contributed by atoms with Crippen molar-refractivity contribution in [2.45, 2.75) is 0 Å². The number of aryl methyl sites for hydroxylation is 1. The van der Waals surface area contributed by atoms with Crippen molar-refractivity contribution in [1.29, 1.82) is 0 Å². The zero-order valence-electron chi connectivity index (χ0n) is 6.95. The Morgan fingerprint density at radius 3 is 2.71 bits per heavy atom. The average Bonchev–Trinajstić information content (AvgIpc) is 2.29. The summed E-state index contributed by atoms with van der Waals surface area (Å²) in [5.74, 6) is -0.530. The molecule has 0 saturated heterocycles. The second kappa shape index (κ2) is 3.23. The van der Waals surface area contributed by atoms with E-state index in [0.29, 0.717) is 0 Å². The average molecular weight is 222 g/mol. The number of hydrogen-bond acceptors (Lipinski definition) is 6. The zero-order valence-corrected chi connectivity index (χ0v) is 7.76. The Labute approximate surface area is 78.5 Å². The maximum atomic E-state index is 10.5. The predicted octanol–water partition coefficient (Wildman–Crippen LogP) is -1.09. The summed E-state index contributed by atoms with van der Waals surface area (Å²) in [5, 5.41) is 18.4.